The van der Waals surface area contributed by atoms with E-state index in [1.807, 2.05) is 43.0 Å². The molecular weight excluding hydrogens is 318 g/mol. The standard InChI is InChI=1S/C19H29N3O3/c1-4-18(23)22-10-6-9-21(11-12-22)15(2)19(24)20-14-16-7-5-8-17(13-16)25-3/h5,7-8,13,15H,4,6,9-12,14H2,1-3H3,(H,20,24)/t15-/m1/s1. The Balaban J connectivity index is 1.85. The van der Waals surface area contributed by atoms with Gasteiger partial charge in [-0.1, -0.05) is 19.1 Å². The Morgan fingerprint density at radius 1 is 1.24 bits per heavy atom. The third kappa shape index (κ3) is 5.46. The van der Waals surface area contributed by atoms with Crippen molar-refractivity contribution in [3.05, 3.63) is 29.8 Å². The Bertz CT molecular complexity index is 591. The van der Waals surface area contributed by atoms with Crippen molar-refractivity contribution in [1.29, 1.82) is 0 Å². The summed E-state index contributed by atoms with van der Waals surface area (Å²) in [6.07, 6.45) is 1.44. The van der Waals surface area contributed by atoms with E-state index in [-0.39, 0.29) is 17.9 Å². The molecule has 0 aliphatic carbocycles. The van der Waals surface area contributed by atoms with Crippen LogP contribution < -0.4 is 10.1 Å². The van der Waals surface area contributed by atoms with Crippen molar-refractivity contribution in [2.24, 2.45) is 0 Å². The van der Waals surface area contributed by atoms with Crippen LogP contribution in [-0.2, 0) is 16.1 Å². The molecule has 1 aliphatic rings. The first-order chi connectivity index (χ1) is 12.0. The van der Waals surface area contributed by atoms with Crippen molar-refractivity contribution in [2.75, 3.05) is 33.3 Å². The van der Waals surface area contributed by atoms with E-state index in [0.717, 1.165) is 37.4 Å². The zero-order chi connectivity index (χ0) is 18.2. The maximum Gasteiger partial charge on any atom is 0.237 e. The van der Waals surface area contributed by atoms with Crippen LogP contribution in [0, 0.1) is 0 Å². The molecule has 1 atom stereocenters. The molecule has 1 saturated heterocycles. The Hall–Kier alpha value is -2.08. The molecule has 6 heteroatoms. The molecule has 1 aromatic carbocycles. The molecule has 2 amide bonds. The molecule has 1 aliphatic heterocycles. The highest BCUT2D eigenvalue weighted by Crippen LogP contribution is 2.13. The molecular formula is C19H29N3O3. The van der Waals surface area contributed by atoms with Gasteiger partial charge in [-0.15, -0.1) is 0 Å². The third-order valence-corrected chi connectivity index (χ3v) is 4.71. The molecule has 6 nitrogen and oxygen atoms in total. The number of methoxy groups -OCH3 is 1. The van der Waals surface area contributed by atoms with Crippen LogP contribution in [0.5, 0.6) is 5.75 Å². The number of ether oxygens (including phenoxy) is 1. The smallest absolute Gasteiger partial charge is 0.237 e. The summed E-state index contributed by atoms with van der Waals surface area (Å²) in [5, 5.41) is 3.00. The SMILES string of the molecule is CCC(=O)N1CCCN([C@H](C)C(=O)NCc2cccc(OC)c2)CC1. The largest absolute Gasteiger partial charge is 0.497 e. The van der Waals surface area contributed by atoms with Crippen LogP contribution in [0.2, 0.25) is 0 Å². The topological polar surface area (TPSA) is 61.9 Å². The third-order valence-electron chi connectivity index (χ3n) is 4.71. The summed E-state index contributed by atoms with van der Waals surface area (Å²) in [5.74, 6) is 0.989. The fraction of sp³-hybridized carbons (Fsp3) is 0.579. The number of benzene rings is 1. The summed E-state index contributed by atoms with van der Waals surface area (Å²) in [6.45, 7) is 7.34. The van der Waals surface area contributed by atoms with Crippen LogP contribution in [0.4, 0.5) is 0 Å². The lowest BCUT2D eigenvalue weighted by Gasteiger charge is -2.27. The van der Waals surface area contributed by atoms with E-state index in [1.54, 1.807) is 7.11 Å². The Labute approximate surface area is 150 Å². The van der Waals surface area contributed by atoms with Crippen LogP contribution in [0.25, 0.3) is 0 Å². The molecule has 0 saturated carbocycles. The Morgan fingerprint density at radius 3 is 2.76 bits per heavy atom. The van der Waals surface area contributed by atoms with Crippen LogP contribution >= 0.6 is 0 Å². The van der Waals surface area contributed by atoms with Gasteiger partial charge in [0.05, 0.1) is 13.2 Å². The lowest BCUT2D eigenvalue weighted by atomic mass is 10.2. The molecule has 0 spiro atoms. The van der Waals surface area contributed by atoms with E-state index >= 15 is 0 Å². The molecule has 1 aromatic rings. The summed E-state index contributed by atoms with van der Waals surface area (Å²) in [5.41, 5.74) is 1.01. The molecule has 138 valence electrons. The van der Waals surface area contributed by atoms with Crippen LogP contribution in [-0.4, -0.2) is 60.9 Å². The van der Waals surface area contributed by atoms with Crippen molar-refractivity contribution in [3.8, 4) is 5.75 Å². The van der Waals surface area contributed by atoms with Gasteiger partial charge in [0.25, 0.3) is 0 Å². The zero-order valence-electron chi connectivity index (χ0n) is 15.5. The lowest BCUT2D eigenvalue weighted by Crippen LogP contribution is -2.46. The summed E-state index contributed by atoms with van der Waals surface area (Å²) in [4.78, 5) is 28.4. The highest BCUT2D eigenvalue weighted by atomic mass is 16.5. The second kappa shape index (κ2) is 9.42. The van der Waals surface area contributed by atoms with Gasteiger partial charge in [0.1, 0.15) is 5.75 Å². The lowest BCUT2D eigenvalue weighted by molar-refractivity contribution is -0.130. The van der Waals surface area contributed by atoms with Crippen molar-refractivity contribution in [2.45, 2.75) is 39.3 Å². The average Bonchev–Trinajstić information content (AvgIpc) is 2.91. The second-order valence-electron chi connectivity index (χ2n) is 6.37. The number of hydrogen-bond acceptors (Lipinski definition) is 4. The second-order valence-corrected chi connectivity index (χ2v) is 6.37. The minimum atomic E-state index is -0.206. The van der Waals surface area contributed by atoms with Crippen LogP contribution in [0.3, 0.4) is 0 Å². The van der Waals surface area contributed by atoms with Gasteiger partial charge < -0.3 is 15.0 Å². The molecule has 0 aromatic heterocycles. The van der Waals surface area contributed by atoms with E-state index in [9.17, 15) is 9.59 Å². The van der Waals surface area contributed by atoms with Gasteiger partial charge in [0.15, 0.2) is 0 Å². The maximum absolute atomic E-state index is 12.5. The van der Waals surface area contributed by atoms with E-state index in [1.165, 1.54) is 0 Å². The fourth-order valence-electron chi connectivity index (χ4n) is 3.08. The van der Waals surface area contributed by atoms with Crippen molar-refractivity contribution < 1.29 is 14.3 Å². The molecule has 0 unspecified atom stereocenters. The van der Waals surface area contributed by atoms with E-state index in [4.69, 9.17) is 4.74 Å². The molecule has 2 rings (SSSR count). The average molecular weight is 347 g/mol. The summed E-state index contributed by atoms with van der Waals surface area (Å²) >= 11 is 0. The molecule has 0 bridgehead atoms. The monoisotopic (exact) mass is 347 g/mol. The Kier molecular flexibility index (Phi) is 7.25. The van der Waals surface area contributed by atoms with Gasteiger partial charge in [-0.25, -0.2) is 0 Å². The number of carbonyl (C=O) groups is 2. The van der Waals surface area contributed by atoms with Crippen molar-refractivity contribution in [3.63, 3.8) is 0 Å². The quantitative estimate of drug-likeness (QED) is 0.850. The number of nitrogens with zero attached hydrogens (tertiary/aromatic N) is 2. The Morgan fingerprint density at radius 2 is 2.04 bits per heavy atom. The molecule has 1 N–H and O–H groups in total. The normalized spacial score (nSPS) is 16.8. The number of nitrogens with one attached hydrogen (secondary N) is 1. The summed E-state index contributed by atoms with van der Waals surface area (Å²) in [6, 6.07) is 7.48. The summed E-state index contributed by atoms with van der Waals surface area (Å²) < 4.78 is 5.20. The number of rotatable bonds is 6. The predicted octanol–water partition coefficient (Wildman–Crippen LogP) is 1.64. The van der Waals surface area contributed by atoms with Gasteiger partial charge in [0, 0.05) is 39.1 Å². The predicted molar refractivity (Wildman–Crippen MR) is 97.4 cm³/mol. The van der Waals surface area contributed by atoms with Crippen LogP contribution in [0.1, 0.15) is 32.3 Å². The van der Waals surface area contributed by atoms with E-state index in [2.05, 4.69) is 10.2 Å². The van der Waals surface area contributed by atoms with Crippen molar-refractivity contribution in [1.82, 2.24) is 15.1 Å². The first-order valence-electron chi connectivity index (χ1n) is 8.97. The molecule has 1 heterocycles. The van der Waals surface area contributed by atoms with Crippen molar-refractivity contribution >= 4 is 11.8 Å². The highest BCUT2D eigenvalue weighted by molar-refractivity contribution is 5.81. The van der Waals surface area contributed by atoms with Gasteiger partial charge >= 0.3 is 0 Å². The van der Waals surface area contributed by atoms with Gasteiger partial charge in [-0.05, 0) is 31.0 Å². The first kappa shape index (κ1) is 19.2. The van der Waals surface area contributed by atoms with E-state index < -0.39 is 0 Å². The van der Waals surface area contributed by atoms with Crippen LogP contribution in [0.15, 0.2) is 24.3 Å². The number of hydrogen-bond donors (Lipinski definition) is 1. The van der Waals surface area contributed by atoms with E-state index in [0.29, 0.717) is 19.5 Å². The molecule has 0 radical (unpaired) electrons. The van der Waals surface area contributed by atoms with Gasteiger partial charge in [-0.3, -0.25) is 14.5 Å². The first-order valence-corrected chi connectivity index (χ1v) is 8.97. The molecule has 25 heavy (non-hydrogen) atoms. The highest BCUT2D eigenvalue weighted by Gasteiger charge is 2.25. The minimum Gasteiger partial charge on any atom is -0.497 e. The number of carbonyl (C=O) groups excluding carboxylic acids is 2. The fourth-order valence-corrected chi connectivity index (χ4v) is 3.08. The van der Waals surface area contributed by atoms with Gasteiger partial charge in [0.2, 0.25) is 11.8 Å². The molecule has 1 fully saturated rings. The zero-order valence-corrected chi connectivity index (χ0v) is 15.5. The van der Waals surface area contributed by atoms with Gasteiger partial charge in [-0.2, -0.15) is 0 Å². The number of amides is 2. The maximum atomic E-state index is 12.5. The summed E-state index contributed by atoms with van der Waals surface area (Å²) in [7, 11) is 1.63. The minimum absolute atomic E-state index is 0.0121.